The van der Waals surface area contributed by atoms with Gasteiger partial charge in [-0.1, -0.05) is 66.8 Å². The molecule has 0 aromatic heterocycles. The van der Waals surface area contributed by atoms with Crippen molar-refractivity contribution in [2.24, 2.45) is 0 Å². The van der Waals surface area contributed by atoms with E-state index >= 15 is 0 Å². The molecule has 2 aromatic carbocycles. The molecule has 0 radical (unpaired) electrons. The van der Waals surface area contributed by atoms with E-state index in [9.17, 15) is 14.4 Å². The minimum absolute atomic E-state index is 0.126. The van der Waals surface area contributed by atoms with Crippen molar-refractivity contribution in [1.82, 2.24) is 10.6 Å². The van der Waals surface area contributed by atoms with Crippen LogP contribution in [0.5, 0.6) is 0 Å². The molecule has 1 unspecified atom stereocenters. The average Bonchev–Trinajstić information content (AvgIpc) is 3.17. The van der Waals surface area contributed by atoms with Gasteiger partial charge in [0.1, 0.15) is 12.6 Å². The van der Waals surface area contributed by atoms with Gasteiger partial charge in [0, 0.05) is 12.2 Å². The van der Waals surface area contributed by atoms with Gasteiger partial charge in [-0.05, 0) is 42.0 Å². The number of anilines is 1. The third-order valence-electron chi connectivity index (χ3n) is 5.74. The van der Waals surface area contributed by atoms with Gasteiger partial charge < -0.3 is 20.7 Å². The van der Waals surface area contributed by atoms with E-state index in [-0.39, 0.29) is 24.8 Å². The molecular weight excluding hydrogens is 418 g/mol. The summed E-state index contributed by atoms with van der Waals surface area (Å²) < 4.78 is 5.34. The van der Waals surface area contributed by atoms with Crippen molar-refractivity contribution in [2.45, 2.75) is 37.8 Å². The molecule has 0 saturated carbocycles. The summed E-state index contributed by atoms with van der Waals surface area (Å²) in [6.07, 6.45) is 7.31. The highest BCUT2D eigenvalue weighted by Crippen LogP contribution is 2.35. The molecule has 0 fully saturated rings. The summed E-state index contributed by atoms with van der Waals surface area (Å²) in [6.45, 7) is 0.450. The van der Waals surface area contributed by atoms with Crippen LogP contribution in [-0.4, -0.2) is 30.6 Å². The molecule has 7 nitrogen and oxygen atoms in total. The number of benzene rings is 2. The molecule has 1 aliphatic heterocycles. The minimum Gasteiger partial charge on any atom is -0.445 e. The second-order valence-corrected chi connectivity index (χ2v) is 8.10. The summed E-state index contributed by atoms with van der Waals surface area (Å²) in [4.78, 5) is 38.1. The Morgan fingerprint density at radius 1 is 1.06 bits per heavy atom. The maximum atomic E-state index is 13.0. The number of rotatable bonds is 8. The minimum atomic E-state index is -0.931. The standard InChI is InChI=1S/C26H27N3O4/c30-24-21(20-13-7-8-14-22(20)28-24)15-23(25(31)27-16-18-9-3-1-4-10-18)29-26(32)33-17-19-11-5-2-6-12-19/h1,3-5,7-14,21,23H,2,6,15-17H2,(H,27,31)(H,28,30)(H,29,32)/t21?,23-/m0/s1. The van der Waals surface area contributed by atoms with Crippen molar-refractivity contribution in [3.63, 3.8) is 0 Å². The lowest BCUT2D eigenvalue weighted by atomic mass is 9.93. The number of amides is 3. The highest BCUT2D eigenvalue weighted by atomic mass is 16.5. The molecule has 7 heteroatoms. The molecule has 3 amide bonds. The monoisotopic (exact) mass is 445 g/mol. The van der Waals surface area contributed by atoms with Crippen molar-refractivity contribution in [1.29, 1.82) is 0 Å². The molecule has 1 aliphatic carbocycles. The number of carbonyl (C=O) groups is 3. The van der Waals surface area contributed by atoms with Crippen LogP contribution in [0.3, 0.4) is 0 Å². The Morgan fingerprint density at radius 3 is 2.64 bits per heavy atom. The number of ether oxygens (including phenoxy) is 1. The lowest BCUT2D eigenvalue weighted by Crippen LogP contribution is -2.48. The van der Waals surface area contributed by atoms with Crippen LogP contribution in [0.15, 0.2) is 78.4 Å². The Kier molecular flexibility index (Phi) is 7.19. The van der Waals surface area contributed by atoms with E-state index < -0.39 is 18.1 Å². The van der Waals surface area contributed by atoms with Gasteiger partial charge in [0.25, 0.3) is 0 Å². The third-order valence-corrected chi connectivity index (χ3v) is 5.74. The molecule has 2 aliphatic rings. The number of nitrogens with one attached hydrogen (secondary N) is 3. The maximum Gasteiger partial charge on any atom is 0.408 e. The number of fused-ring (bicyclic) bond motifs is 1. The first-order valence-corrected chi connectivity index (χ1v) is 11.1. The Bertz CT molecular complexity index is 1080. The second-order valence-electron chi connectivity index (χ2n) is 8.10. The van der Waals surface area contributed by atoms with Crippen LogP contribution in [-0.2, 0) is 20.9 Å². The van der Waals surface area contributed by atoms with E-state index in [1.807, 2.05) is 72.8 Å². The van der Waals surface area contributed by atoms with E-state index in [0.29, 0.717) is 6.54 Å². The van der Waals surface area contributed by atoms with Gasteiger partial charge in [0.05, 0.1) is 5.92 Å². The fraction of sp³-hybridized carbons (Fsp3) is 0.269. The molecule has 33 heavy (non-hydrogen) atoms. The first-order chi connectivity index (χ1) is 16.1. The summed E-state index contributed by atoms with van der Waals surface area (Å²) in [6, 6.07) is 15.9. The van der Waals surface area contributed by atoms with Crippen molar-refractivity contribution < 1.29 is 19.1 Å². The van der Waals surface area contributed by atoms with Crippen LogP contribution < -0.4 is 16.0 Å². The molecule has 0 saturated heterocycles. The van der Waals surface area contributed by atoms with Crippen molar-refractivity contribution in [3.8, 4) is 0 Å². The zero-order valence-electron chi connectivity index (χ0n) is 18.3. The summed E-state index contributed by atoms with van der Waals surface area (Å²) in [5.41, 5.74) is 3.41. The van der Waals surface area contributed by atoms with E-state index in [1.165, 1.54) is 0 Å². The fourth-order valence-electron chi connectivity index (χ4n) is 3.99. The molecule has 2 aromatic rings. The lowest BCUT2D eigenvalue weighted by Gasteiger charge is -2.21. The normalized spacial score (nSPS) is 17.4. The smallest absolute Gasteiger partial charge is 0.408 e. The Labute approximate surface area is 192 Å². The lowest BCUT2D eigenvalue weighted by molar-refractivity contribution is -0.123. The first-order valence-electron chi connectivity index (χ1n) is 11.1. The van der Waals surface area contributed by atoms with Crippen LogP contribution in [0.25, 0.3) is 0 Å². The Hall–Kier alpha value is -3.87. The zero-order valence-corrected chi connectivity index (χ0v) is 18.3. The summed E-state index contributed by atoms with van der Waals surface area (Å²) in [7, 11) is 0. The molecule has 0 spiro atoms. The summed E-state index contributed by atoms with van der Waals surface area (Å²) in [5, 5.41) is 8.37. The van der Waals surface area contributed by atoms with Crippen molar-refractivity contribution >= 4 is 23.6 Å². The van der Waals surface area contributed by atoms with Crippen LogP contribution in [0.1, 0.15) is 36.3 Å². The number of carbonyl (C=O) groups excluding carboxylic acids is 3. The van der Waals surface area contributed by atoms with Gasteiger partial charge >= 0.3 is 6.09 Å². The van der Waals surface area contributed by atoms with Gasteiger partial charge in [-0.15, -0.1) is 0 Å². The summed E-state index contributed by atoms with van der Waals surface area (Å²) in [5.74, 6) is -1.10. The molecule has 3 N–H and O–H groups in total. The third kappa shape index (κ3) is 5.88. The summed E-state index contributed by atoms with van der Waals surface area (Å²) >= 11 is 0. The zero-order chi connectivity index (χ0) is 23.0. The van der Waals surface area contributed by atoms with Gasteiger partial charge in [-0.25, -0.2) is 4.79 Å². The molecule has 0 bridgehead atoms. The van der Waals surface area contributed by atoms with Crippen LogP contribution in [0, 0.1) is 0 Å². The predicted octanol–water partition coefficient (Wildman–Crippen LogP) is 3.80. The number of alkyl carbamates (subject to hydrolysis) is 1. The van der Waals surface area contributed by atoms with E-state index in [0.717, 1.165) is 35.2 Å². The molecule has 4 rings (SSSR count). The van der Waals surface area contributed by atoms with Gasteiger partial charge in [-0.3, -0.25) is 9.59 Å². The maximum absolute atomic E-state index is 13.0. The van der Waals surface area contributed by atoms with E-state index in [4.69, 9.17) is 4.74 Å². The van der Waals surface area contributed by atoms with Crippen molar-refractivity contribution in [2.75, 3.05) is 11.9 Å². The molecule has 1 heterocycles. The Balaban J connectivity index is 1.43. The number of hydrogen-bond acceptors (Lipinski definition) is 4. The van der Waals surface area contributed by atoms with Gasteiger partial charge in [0.15, 0.2) is 0 Å². The molecule has 170 valence electrons. The fourth-order valence-corrected chi connectivity index (χ4v) is 3.99. The SMILES string of the molecule is O=C(N[C@@H](CC1C(=O)Nc2ccccc21)C(=O)NCc1ccccc1)OCC1=CCCC=C1. The van der Waals surface area contributed by atoms with Gasteiger partial charge in [0.2, 0.25) is 11.8 Å². The van der Waals surface area contributed by atoms with Crippen LogP contribution in [0.2, 0.25) is 0 Å². The predicted molar refractivity (Wildman–Crippen MR) is 125 cm³/mol. The van der Waals surface area contributed by atoms with Gasteiger partial charge in [-0.2, -0.15) is 0 Å². The number of hydrogen-bond donors (Lipinski definition) is 3. The largest absolute Gasteiger partial charge is 0.445 e. The highest BCUT2D eigenvalue weighted by molar-refractivity contribution is 6.03. The first kappa shape index (κ1) is 22.3. The second kappa shape index (κ2) is 10.6. The Morgan fingerprint density at radius 2 is 1.85 bits per heavy atom. The highest BCUT2D eigenvalue weighted by Gasteiger charge is 2.35. The van der Waals surface area contributed by atoms with E-state index in [2.05, 4.69) is 16.0 Å². The molecule has 2 atom stereocenters. The quantitative estimate of drug-likeness (QED) is 0.576. The van der Waals surface area contributed by atoms with Crippen LogP contribution in [0.4, 0.5) is 10.5 Å². The average molecular weight is 446 g/mol. The van der Waals surface area contributed by atoms with Crippen LogP contribution >= 0.6 is 0 Å². The topological polar surface area (TPSA) is 96.5 Å². The number of allylic oxidation sites excluding steroid dienone is 2. The van der Waals surface area contributed by atoms with E-state index in [1.54, 1.807) is 0 Å². The number of para-hydroxylation sites is 1. The molecular formula is C26H27N3O4. The van der Waals surface area contributed by atoms with Crippen molar-refractivity contribution in [3.05, 3.63) is 89.5 Å².